The lowest BCUT2D eigenvalue weighted by molar-refractivity contribution is 0.410. The van der Waals surface area contributed by atoms with Crippen LogP contribution in [0, 0.1) is 0 Å². The van der Waals surface area contributed by atoms with E-state index in [0.29, 0.717) is 23.0 Å². The number of hydrogen-bond acceptors (Lipinski definition) is 6. The summed E-state index contributed by atoms with van der Waals surface area (Å²) in [6.07, 6.45) is 4.55. The molecule has 0 aliphatic rings. The van der Waals surface area contributed by atoms with Crippen molar-refractivity contribution in [2.45, 2.75) is 38.5 Å². The molecular weight excluding hydrogens is 600 g/mol. The van der Waals surface area contributed by atoms with Crippen molar-refractivity contribution >= 4 is 0 Å². The fourth-order valence-corrected chi connectivity index (χ4v) is 5.66. The second-order valence-corrected chi connectivity index (χ2v) is 11.9. The predicted octanol–water partition coefficient (Wildman–Crippen LogP) is 9.45. The fraction of sp³-hybridized carbons (Fsp3) is 0.143. The van der Waals surface area contributed by atoms with Gasteiger partial charge in [0.2, 0.25) is 0 Å². The Bertz CT molecular complexity index is 1850. The normalized spacial score (nSPS) is 10.9. The van der Waals surface area contributed by atoms with E-state index in [-0.39, 0.29) is 23.0 Å². The number of phenolic OH excluding ortho intramolecular Hbond substituents is 4. The van der Waals surface area contributed by atoms with E-state index in [9.17, 15) is 20.4 Å². The van der Waals surface area contributed by atoms with Crippen LogP contribution in [0.2, 0.25) is 0 Å². The van der Waals surface area contributed by atoms with Crippen molar-refractivity contribution in [1.82, 2.24) is 0 Å². The average molecular weight is 639 g/mol. The number of aryl methyl sites for hydroxylation is 6. The zero-order valence-electron chi connectivity index (χ0n) is 26.5. The van der Waals surface area contributed by atoms with Crippen LogP contribution in [0.3, 0.4) is 0 Å². The SMILES string of the molecule is Oc1cccc(CCc2ccc(O)c(Oc3cccc(CCc4cccc(Oc5cc(CCc6cccc(O)c6)ccc5O)c4)c3)c2)c1. The van der Waals surface area contributed by atoms with Crippen molar-refractivity contribution < 1.29 is 29.9 Å². The van der Waals surface area contributed by atoms with Gasteiger partial charge in [0.15, 0.2) is 23.0 Å². The van der Waals surface area contributed by atoms with Crippen LogP contribution in [0.15, 0.2) is 133 Å². The first-order chi connectivity index (χ1) is 23.4. The van der Waals surface area contributed by atoms with Crippen LogP contribution in [0.4, 0.5) is 0 Å². The minimum Gasteiger partial charge on any atom is -0.508 e. The summed E-state index contributed by atoms with van der Waals surface area (Å²) in [5, 5.41) is 40.5. The molecule has 0 bridgehead atoms. The molecular formula is C42H38O6. The van der Waals surface area contributed by atoms with Gasteiger partial charge in [-0.1, -0.05) is 60.7 Å². The van der Waals surface area contributed by atoms with E-state index in [4.69, 9.17) is 9.47 Å². The van der Waals surface area contributed by atoms with E-state index in [1.165, 1.54) is 0 Å². The second kappa shape index (κ2) is 15.1. The third-order valence-corrected chi connectivity index (χ3v) is 8.23. The minimum absolute atomic E-state index is 0.0754. The van der Waals surface area contributed by atoms with Gasteiger partial charge in [-0.2, -0.15) is 0 Å². The third-order valence-electron chi connectivity index (χ3n) is 8.23. The van der Waals surface area contributed by atoms with Crippen molar-refractivity contribution in [3.8, 4) is 46.0 Å². The largest absolute Gasteiger partial charge is 0.508 e. The summed E-state index contributed by atoms with van der Waals surface area (Å²) in [7, 11) is 0. The molecule has 0 radical (unpaired) electrons. The monoisotopic (exact) mass is 638 g/mol. The van der Waals surface area contributed by atoms with E-state index in [0.717, 1.165) is 71.9 Å². The van der Waals surface area contributed by atoms with E-state index >= 15 is 0 Å². The van der Waals surface area contributed by atoms with Crippen LogP contribution in [0.25, 0.3) is 0 Å². The van der Waals surface area contributed by atoms with E-state index < -0.39 is 0 Å². The van der Waals surface area contributed by atoms with Gasteiger partial charge < -0.3 is 29.9 Å². The second-order valence-electron chi connectivity index (χ2n) is 11.9. The number of rotatable bonds is 13. The molecule has 0 atom stereocenters. The van der Waals surface area contributed by atoms with Gasteiger partial charge >= 0.3 is 0 Å². The molecule has 6 nitrogen and oxygen atoms in total. The molecule has 0 fully saturated rings. The molecule has 6 aromatic rings. The lowest BCUT2D eigenvalue weighted by Crippen LogP contribution is -1.95. The summed E-state index contributed by atoms with van der Waals surface area (Å²) in [5.74, 6) is 2.74. The van der Waals surface area contributed by atoms with Gasteiger partial charge in [-0.05, 0) is 145 Å². The summed E-state index contributed by atoms with van der Waals surface area (Å²) in [6, 6.07) is 41.0. The van der Waals surface area contributed by atoms with Crippen molar-refractivity contribution in [2.75, 3.05) is 0 Å². The summed E-state index contributed by atoms with van der Waals surface area (Å²) >= 11 is 0. The summed E-state index contributed by atoms with van der Waals surface area (Å²) in [4.78, 5) is 0. The first-order valence-corrected chi connectivity index (χ1v) is 16.1. The number of phenols is 4. The molecule has 6 aromatic carbocycles. The Morgan fingerprint density at radius 3 is 1.04 bits per heavy atom. The van der Waals surface area contributed by atoms with Gasteiger partial charge in [0.1, 0.15) is 23.0 Å². The van der Waals surface area contributed by atoms with E-state index in [1.807, 2.05) is 84.9 Å². The maximum absolute atomic E-state index is 10.5. The molecule has 0 saturated carbocycles. The summed E-state index contributed by atoms with van der Waals surface area (Å²) < 4.78 is 12.2. The highest BCUT2D eigenvalue weighted by molar-refractivity contribution is 5.47. The summed E-state index contributed by atoms with van der Waals surface area (Å²) in [6.45, 7) is 0. The van der Waals surface area contributed by atoms with Gasteiger partial charge in [-0.15, -0.1) is 0 Å². The standard InChI is InChI=1S/C42H38O6/c43-35-9-1-5-29(23-35)13-17-33-19-21-39(45)41(27-33)47-37-11-3-7-31(25-37)15-16-32-8-4-12-38(26-32)48-42-28-34(20-22-40(42)46)18-14-30-6-2-10-36(44)24-30/h1-12,19-28,43-46H,13-18H2. The van der Waals surface area contributed by atoms with Gasteiger partial charge in [-0.3, -0.25) is 0 Å². The van der Waals surface area contributed by atoms with E-state index in [2.05, 4.69) is 12.1 Å². The molecule has 6 rings (SSSR count). The Morgan fingerprint density at radius 2 is 0.667 bits per heavy atom. The smallest absolute Gasteiger partial charge is 0.169 e. The first kappa shape index (κ1) is 32.1. The van der Waals surface area contributed by atoms with Crippen LogP contribution in [-0.4, -0.2) is 20.4 Å². The van der Waals surface area contributed by atoms with Gasteiger partial charge in [0.05, 0.1) is 0 Å². The van der Waals surface area contributed by atoms with Gasteiger partial charge in [-0.25, -0.2) is 0 Å². The molecule has 0 heterocycles. The molecule has 0 spiro atoms. The molecule has 0 unspecified atom stereocenters. The Balaban J connectivity index is 1.06. The molecule has 48 heavy (non-hydrogen) atoms. The average Bonchev–Trinajstić information content (AvgIpc) is 3.08. The van der Waals surface area contributed by atoms with Crippen LogP contribution in [-0.2, 0) is 38.5 Å². The molecule has 242 valence electrons. The molecule has 0 aliphatic carbocycles. The number of benzene rings is 6. The number of hydrogen-bond donors (Lipinski definition) is 4. The van der Waals surface area contributed by atoms with E-state index in [1.54, 1.807) is 36.4 Å². The molecule has 0 saturated heterocycles. The first-order valence-electron chi connectivity index (χ1n) is 16.1. The van der Waals surface area contributed by atoms with Crippen molar-refractivity contribution in [3.63, 3.8) is 0 Å². The molecule has 6 heteroatoms. The third kappa shape index (κ3) is 8.89. The zero-order chi connectivity index (χ0) is 33.3. The molecule has 0 aliphatic heterocycles. The Labute approximate surface area is 280 Å². The highest BCUT2D eigenvalue weighted by atomic mass is 16.5. The maximum Gasteiger partial charge on any atom is 0.169 e. The predicted molar refractivity (Wildman–Crippen MR) is 188 cm³/mol. The van der Waals surface area contributed by atoms with Crippen molar-refractivity contribution in [2.24, 2.45) is 0 Å². The van der Waals surface area contributed by atoms with Crippen LogP contribution in [0.5, 0.6) is 46.0 Å². The molecule has 0 aromatic heterocycles. The van der Waals surface area contributed by atoms with Gasteiger partial charge in [0.25, 0.3) is 0 Å². The quantitative estimate of drug-likeness (QED) is 0.101. The lowest BCUT2D eigenvalue weighted by atomic mass is 10.0. The Kier molecular flexibility index (Phi) is 10.1. The summed E-state index contributed by atoms with van der Waals surface area (Å²) in [5.41, 5.74) is 6.32. The topological polar surface area (TPSA) is 99.4 Å². The maximum atomic E-state index is 10.5. The van der Waals surface area contributed by atoms with Gasteiger partial charge in [0, 0.05) is 0 Å². The fourth-order valence-electron chi connectivity index (χ4n) is 5.66. The lowest BCUT2D eigenvalue weighted by Gasteiger charge is -2.12. The Morgan fingerprint density at radius 1 is 0.333 bits per heavy atom. The minimum atomic E-state index is 0.0754. The van der Waals surface area contributed by atoms with Crippen LogP contribution < -0.4 is 9.47 Å². The van der Waals surface area contributed by atoms with Crippen molar-refractivity contribution in [3.05, 3.63) is 167 Å². The highest BCUT2D eigenvalue weighted by Gasteiger charge is 2.10. The van der Waals surface area contributed by atoms with Crippen LogP contribution in [0.1, 0.15) is 33.4 Å². The Hall–Kier alpha value is -5.88. The zero-order valence-corrected chi connectivity index (χ0v) is 26.5. The number of ether oxygens (including phenoxy) is 2. The highest BCUT2D eigenvalue weighted by Crippen LogP contribution is 2.34. The van der Waals surface area contributed by atoms with Crippen LogP contribution >= 0.6 is 0 Å². The molecule has 0 amide bonds. The van der Waals surface area contributed by atoms with Crippen molar-refractivity contribution in [1.29, 1.82) is 0 Å². The number of aromatic hydroxyl groups is 4. The molecule has 4 N–H and O–H groups in total.